The highest BCUT2D eigenvalue weighted by Crippen LogP contribution is 2.40. The number of thiazole rings is 2. The fourth-order valence-corrected chi connectivity index (χ4v) is 6.52. The van der Waals surface area contributed by atoms with Gasteiger partial charge in [0.05, 0.1) is 0 Å². The van der Waals surface area contributed by atoms with E-state index in [1.54, 1.807) is 23.6 Å². The van der Waals surface area contributed by atoms with Crippen LogP contribution in [0.4, 0.5) is 5.13 Å². The summed E-state index contributed by atoms with van der Waals surface area (Å²) in [6, 6.07) is -0.904. The summed E-state index contributed by atoms with van der Waals surface area (Å²) in [4.78, 5) is 49.5. The topological polar surface area (TPSA) is 156 Å². The lowest BCUT2D eigenvalue weighted by molar-refractivity contribution is -0.687. The number of carboxylic acids is 1. The van der Waals surface area contributed by atoms with Gasteiger partial charge in [-0.3, -0.25) is 14.5 Å². The monoisotopic (exact) mass is 534 g/mol. The number of hydrogen-bond acceptors (Lipinski definition) is 10. The molecule has 2 aliphatic heterocycles. The summed E-state index contributed by atoms with van der Waals surface area (Å²) in [6.07, 6.45) is 5.73. The molecule has 0 saturated carbocycles. The Bertz CT molecular complexity index is 1360. The zero-order valence-electron chi connectivity index (χ0n) is 18.3. The number of nitrogens with one attached hydrogen (secondary N) is 1. The molecular formula is C20H20N7O5S3+. The molecular weight excluding hydrogens is 514 g/mol. The van der Waals surface area contributed by atoms with E-state index < -0.39 is 29.2 Å². The maximum atomic E-state index is 13.0. The van der Waals surface area contributed by atoms with Crippen molar-refractivity contribution in [1.82, 2.24) is 19.6 Å². The summed E-state index contributed by atoms with van der Waals surface area (Å²) < 4.78 is 3.84. The van der Waals surface area contributed by atoms with Gasteiger partial charge in [0.2, 0.25) is 11.2 Å². The quantitative estimate of drug-likeness (QED) is 0.163. The van der Waals surface area contributed by atoms with E-state index in [9.17, 15) is 19.5 Å². The van der Waals surface area contributed by atoms with Crippen molar-refractivity contribution in [3.63, 3.8) is 0 Å². The van der Waals surface area contributed by atoms with Gasteiger partial charge in [-0.25, -0.2) is 14.3 Å². The summed E-state index contributed by atoms with van der Waals surface area (Å²) in [5.41, 5.74) is 6.38. The number of carboxylic acid groups (broad SMARTS) is 1. The van der Waals surface area contributed by atoms with Gasteiger partial charge in [0.25, 0.3) is 11.8 Å². The zero-order chi connectivity index (χ0) is 24.7. The molecule has 182 valence electrons. The minimum atomic E-state index is -1.18. The van der Waals surface area contributed by atoms with Gasteiger partial charge in [0.1, 0.15) is 48.4 Å². The predicted molar refractivity (Wildman–Crippen MR) is 130 cm³/mol. The Morgan fingerprint density at radius 2 is 2.26 bits per heavy atom. The van der Waals surface area contributed by atoms with Gasteiger partial charge in [0, 0.05) is 22.1 Å². The first-order valence-electron chi connectivity index (χ1n) is 10.4. The van der Waals surface area contributed by atoms with Crippen LogP contribution in [0.5, 0.6) is 0 Å². The molecule has 15 heteroatoms. The van der Waals surface area contributed by atoms with Crippen LogP contribution in [0.1, 0.15) is 12.6 Å². The lowest BCUT2D eigenvalue weighted by Crippen LogP contribution is -2.71. The number of β-lactam (4-membered cyclic amide) rings is 1. The van der Waals surface area contributed by atoms with Crippen LogP contribution in [0.25, 0.3) is 4.83 Å². The molecule has 0 radical (unpaired) electrons. The number of imidazole rings is 1. The Kier molecular flexibility index (Phi) is 6.21. The van der Waals surface area contributed by atoms with Crippen molar-refractivity contribution in [2.45, 2.75) is 24.9 Å². The number of fused-ring (bicyclic) bond motifs is 2. The number of rotatable bonds is 8. The smallest absolute Gasteiger partial charge is 0.352 e. The second-order valence-corrected chi connectivity index (χ2v) is 10.5. The number of aliphatic carboxylic acids is 1. The van der Waals surface area contributed by atoms with Gasteiger partial charge in [-0.15, -0.1) is 23.1 Å². The number of anilines is 1. The fraction of sp³-hybridized carbons (Fsp3) is 0.300. The third-order valence-corrected chi connectivity index (χ3v) is 8.22. The number of nitrogens with two attached hydrogens (primary N) is 1. The van der Waals surface area contributed by atoms with E-state index in [1.165, 1.54) is 16.7 Å². The van der Waals surface area contributed by atoms with Crippen LogP contribution in [0.15, 0.2) is 45.9 Å². The van der Waals surface area contributed by atoms with Crippen molar-refractivity contribution in [2.24, 2.45) is 5.16 Å². The number of amides is 2. The Morgan fingerprint density at radius 1 is 1.43 bits per heavy atom. The number of oxime groups is 1. The lowest BCUT2D eigenvalue weighted by Gasteiger charge is -2.49. The second kappa shape index (κ2) is 9.31. The third-order valence-electron chi connectivity index (χ3n) is 5.39. The average molecular weight is 535 g/mol. The first-order chi connectivity index (χ1) is 16.9. The minimum absolute atomic E-state index is 0.0400. The first-order valence-corrected chi connectivity index (χ1v) is 13.2. The van der Waals surface area contributed by atoms with Crippen LogP contribution in [0.3, 0.4) is 0 Å². The first kappa shape index (κ1) is 23.3. The highest BCUT2D eigenvalue weighted by molar-refractivity contribution is 8.00. The maximum Gasteiger partial charge on any atom is 0.352 e. The van der Waals surface area contributed by atoms with E-state index in [-0.39, 0.29) is 28.8 Å². The van der Waals surface area contributed by atoms with Crippen LogP contribution in [-0.4, -0.2) is 66.7 Å². The van der Waals surface area contributed by atoms with Crippen molar-refractivity contribution in [1.29, 1.82) is 0 Å². The molecule has 12 nitrogen and oxygen atoms in total. The largest absolute Gasteiger partial charge is 0.477 e. The van der Waals surface area contributed by atoms with Crippen molar-refractivity contribution in [3.8, 4) is 0 Å². The number of thioether (sulfide) groups is 1. The Balaban J connectivity index is 1.35. The number of nitrogens with zero attached hydrogens (tertiary/aromatic N) is 5. The normalized spacial score (nSPS) is 20.1. The van der Waals surface area contributed by atoms with Gasteiger partial charge >= 0.3 is 5.97 Å². The molecule has 3 aromatic heterocycles. The summed E-state index contributed by atoms with van der Waals surface area (Å²) in [7, 11) is 0. The summed E-state index contributed by atoms with van der Waals surface area (Å²) in [6.45, 7) is 2.29. The van der Waals surface area contributed by atoms with E-state index in [4.69, 9.17) is 10.6 Å². The molecule has 1 saturated heterocycles. The minimum Gasteiger partial charge on any atom is -0.477 e. The zero-order valence-corrected chi connectivity index (χ0v) is 20.7. The molecule has 4 N–H and O–H groups in total. The SMILES string of the molecule is CCO/N=C(\C(=O)N[C@@H]1C(=O)N2C(C(=O)O)=C(C[n+]3cc4sccn4c3)CS[C@H]12)c1csc(N)n1. The Morgan fingerprint density at radius 3 is 2.94 bits per heavy atom. The Hall–Kier alpha value is -3.43. The van der Waals surface area contributed by atoms with Crippen LogP contribution in [-0.2, 0) is 25.8 Å². The van der Waals surface area contributed by atoms with E-state index in [1.807, 2.05) is 33.1 Å². The molecule has 0 aliphatic carbocycles. The van der Waals surface area contributed by atoms with Gasteiger partial charge in [-0.2, -0.15) is 4.40 Å². The van der Waals surface area contributed by atoms with Gasteiger partial charge in [-0.05, 0) is 6.92 Å². The molecule has 0 aromatic carbocycles. The molecule has 5 heterocycles. The summed E-state index contributed by atoms with van der Waals surface area (Å²) in [5, 5.41) is 19.7. The van der Waals surface area contributed by atoms with Crippen LogP contribution in [0, 0.1) is 0 Å². The molecule has 3 aromatic rings. The van der Waals surface area contributed by atoms with Crippen molar-refractivity contribution < 1.29 is 28.9 Å². The predicted octanol–water partition coefficient (Wildman–Crippen LogP) is 0.506. The molecule has 35 heavy (non-hydrogen) atoms. The number of hydrogen-bond donors (Lipinski definition) is 3. The van der Waals surface area contributed by atoms with Crippen molar-refractivity contribution in [2.75, 3.05) is 18.1 Å². The van der Waals surface area contributed by atoms with E-state index in [0.29, 0.717) is 17.9 Å². The van der Waals surface area contributed by atoms with Crippen molar-refractivity contribution >= 4 is 67.9 Å². The maximum absolute atomic E-state index is 13.0. The van der Waals surface area contributed by atoms with Crippen molar-refractivity contribution in [3.05, 3.63) is 46.4 Å². The molecule has 2 amide bonds. The van der Waals surface area contributed by atoms with E-state index >= 15 is 0 Å². The number of nitrogen functional groups attached to an aromatic ring is 1. The molecule has 0 unspecified atom stereocenters. The molecule has 2 aliphatic rings. The third kappa shape index (κ3) is 4.26. The van der Waals surface area contributed by atoms with Crippen LogP contribution >= 0.6 is 34.4 Å². The van der Waals surface area contributed by atoms with E-state index in [0.717, 1.165) is 16.2 Å². The van der Waals surface area contributed by atoms with Crippen LogP contribution in [0.2, 0.25) is 0 Å². The highest BCUT2D eigenvalue weighted by atomic mass is 32.2. The molecule has 0 bridgehead atoms. The lowest BCUT2D eigenvalue weighted by atomic mass is 10.0. The molecule has 1 fully saturated rings. The van der Waals surface area contributed by atoms with Gasteiger partial charge in [-0.1, -0.05) is 16.5 Å². The fourth-order valence-electron chi connectivity index (χ4n) is 3.88. The standard InChI is InChI=1S/C20H19N7O5S3/c1-2-32-24-13(11-8-35-20(21)22-11)16(28)23-14-17(29)27-15(19(30)31)10(7-34-18(14)27)5-25-6-12-26(9-25)3-4-33-12/h3-4,6,8-9,14,18H,2,5,7H2,1H3,(H3-,21,22,23,28,30,31)/p+1/b24-13-/t14-,18-/m1/s1. The van der Waals surface area contributed by atoms with Gasteiger partial charge < -0.3 is 21.0 Å². The molecule has 5 rings (SSSR count). The number of aromatic nitrogens is 3. The van der Waals surface area contributed by atoms with Crippen LogP contribution < -0.4 is 15.6 Å². The highest BCUT2D eigenvalue weighted by Gasteiger charge is 2.54. The number of carbonyl (C=O) groups is 3. The summed E-state index contributed by atoms with van der Waals surface area (Å²) in [5.74, 6) is -1.93. The van der Waals surface area contributed by atoms with E-state index in [2.05, 4.69) is 15.5 Å². The number of carbonyl (C=O) groups excluding carboxylic acids is 2. The molecule has 2 atom stereocenters. The molecule has 0 spiro atoms. The average Bonchev–Trinajstić information content (AvgIpc) is 3.54. The van der Waals surface area contributed by atoms with Gasteiger partial charge in [0.15, 0.2) is 10.8 Å². The second-order valence-electron chi connectivity index (χ2n) is 7.61. The summed E-state index contributed by atoms with van der Waals surface area (Å²) >= 11 is 4.12. The Labute approximate surface area is 210 Å².